The first-order valence-corrected chi connectivity index (χ1v) is 5.60. The van der Waals surface area contributed by atoms with Crippen molar-refractivity contribution >= 4 is 11.8 Å². The summed E-state index contributed by atoms with van der Waals surface area (Å²) in [4.78, 5) is 23.8. The fourth-order valence-electron chi connectivity index (χ4n) is 1.84. The molecule has 0 aromatic heterocycles. The van der Waals surface area contributed by atoms with Crippen LogP contribution in [-0.4, -0.2) is 54.9 Å². The van der Waals surface area contributed by atoms with Crippen molar-refractivity contribution in [2.24, 2.45) is 0 Å². The maximum Gasteiger partial charge on any atom is 0.370 e. The Kier molecular flexibility index (Phi) is 4.96. The van der Waals surface area contributed by atoms with Crippen LogP contribution < -0.4 is 0 Å². The van der Waals surface area contributed by atoms with Crippen LogP contribution in [0.15, 0.2) is 30.3 Å². The van der Waals surface area contributed by atoms with Crippen molar-refractivity contribution < 1.29 is 34.0 Å². The lowest BCUT2D eigenvalue weighted by Gasteiger charge is -2.38. The highest BCUT2D eigenvalue weighted by molar-refractivity contribution is 6.05. The molecule has 0 aliphatic rings. The molecule has 0 aliphatic carbocycles. The number of hydrogen-bond donors (Lipinski definition) is 2. The molecule has 7 heteroatoms. The average molecular weight is 284 g/mol. The molecule has 0 fully saturated rings. The average Bonchev–Trinajstić information content (AvgIpc) is 2.49. The van der Waals surface area contributed by atoms with Crippen molar-refractivity contribution in [2.75, 3.05) is 21.3 Å². The van der Waals surface area contributed by atoms with Crippen molar-refractivity contribution in [1.29, 1.82) is 0 Å². The number of benzene rings is 1. The Balaban J connectivity index is 3.42. The Labute approximate surface area is 115 Å². The number of methoxy groups -OCH3 is 3. The van der Waals surface area contributed by atoms with E-state index >= 15 is 0 Å². The summed E-state index contributed by atoms with van der Waals surface area (Å²) in [6.07, 6.45) is 0. The van der Waals surface area contributed by atoms with E-state index in [1.165, 1.54) is 12.1 Å². The van der Waals surface area contributed by atoms with Crippen LogP contribution in [0.4, 0.5) is 0 Å². The third kappa shape index (κ3) is 2.32. The van der Waals surface area contributed by atoms with Gasteiger partial charge >= 0.3 is 17.5 Å². The molecule has 7 nitrogen and oxygen atoms in total. The molecule has 1 aromatic rings. The van der Waals surface area contributed by atoms with Gasteiger partial charge in [-0.15, -0.1) is 0 Å². The summed E-state index contributed by atoms with van der Waals surface area (Å²) in [7, 11) is 3.01. The van der Waals surface area contributed by atoms with Gasteiger partial charge in [-0.1, -0.05) is 30.3 Å². The first-order chi connectivity index (χ1) is 9.39. The molecule has 110 valence electrons. The highest BCUT2D eigenvalue weighted by atomic mass is 16.8. The minimum absolute atomic E-state index is 0.105. The first kappa shape index (κ1) is 16.3. The molecule has 1 aromatic carbocycles. The molecule has 0 saturated heterocycles. The van der Waals surface area contributed by atoms with Crippen LogP contribution in [0.1, 0.15) is 10.4 Å². The maximum atomic E-state index is 12.5. The van der Waals surface area contributed by atoms with Crippen LogP contribution in [0.5, 0.6) is 0 Å². The molecule has 0 spiro atoms. The van der Waals surface area contributed by atoms with E-state index in [2.05, 4.69) is 4.74 Å². The molecule has 1 unspecified atom stereocenters. The number of aliphatic carboxylic acids is 1. The maximum absolute atomic E-state index is 12.5. The van der Waals surface area contributed by atoms with Gasteiger partial charge in [-0.2, -0.15) is 0 Å². The Morgan fingerprint density at radius 2 is 1.50 bits per heavy atom. The van der Waals surface area contributed by atoms with Crippen LogP contribution in [0, 0.1) is 0 Å². The topological polar surface area (TPSA) is 102 Å². The summed E-state index contributed by atoms with van der Waals surface area (Å²) >= 11 is 0. The van der Waals surface area contributed by atoms with E-state index in [1.54, 1.807) is 18.2 Å². The second-order valence-corrected chi connectivity index (χ2v) is 3.87. The van der Waals surface area contributed by atoms with E-state index in [4.69, 9.17) is 14.6 Å². The smallest absolute Gasteiger partial charge is 0.370 e. The fourth-order valence-corrected chi connectivity index (χ4v) is 1.84. The van der Waals surface area contributed by atoms with Gasteiger partial charge in [0.25, 0.3) is 0 Å². The quantitative estimate of drug-likeness (QED) is 0.547. The van der Waals surface area contributed by atoms with Crippen molar-refractivity contribution in [3.05, 3.63) is 35.9 Å². The third-order valence-corrected chi connectivity index (χ3v) is 2.94. The van der Waals surface area contributed by atoms with E-state index < -0.39 is 23.3 Å². The van der Waals surface area contributed by atoms with Crippen molar-refractivity contribution in [3.8, 4) is 0 Å². The zero-order valence-electron chi connectivity index (χ0n) is 11.3. The molecular weight excluding hydrogens is 268 g/mol. The number of ether oxygens (including phenoxy) is 3. The molecule has 0 aliphatic heterocycles. The van der Waals surface area contributed by atoms with Gasteiger partial charge in [-0.3, -0.25) is 4.79 Å². The number of carbonyl (C=O) groups excluding carboxylic acids is 1. The molecule has 0 radical (unpaired) electrons. The number of carbonyl (C=O) groups is 2. The van der Waals surface area contributed by atoms with Gasteiger partial charge in [0.15, 0.2) is 0 Å². The monoisotopic (exact) mass is 284 g/mol. The standard InChI is InChI=1S/C13H16O7/c1-18-12(17,11(15)16)13(19-2,20-3)10(14)9-7-5-4-6-8-9/h4-8,17H,1-3H3,(H,15,16). The molecule has 0 saturated carbocycles. The number of aliphatic hydroxyl groups is 1. The number of rotatable bonds is 7. The number of hydrogen-bond acceptors (Lipinski definition) is 6. The SMILES string of the molecule is COC(O)(C(=O)O)C(OC)(OC)C(=O)c1ccccc1. The van der Waals surface area contributed by atoms with Crippen LogP contribution in [0.3, 0.4) is 0 Å². The van der Waals surface area contributed by atoms with Crippen molar-refractivity contribution in [2.45, 2.75) is 11.6 Å². The van der Waals surface area contributed by atoms with E-state index in [1.807, 2.05) is 0 Å². The molecule has 1 rings (SSSR count). The lowest BCUT2D eigenvalue weighted by molar-refractivity contribution is -0.341. The second kappa shape index (κ2) is 6.10. The molecule has 1 atom stereocenters. The largest absolute Gasteiger partial charge is 0.477 e. The van der Waals surface area contributed by atoms with E-state index in [0.717, 1.165) is 21.3 Å². The van der Waals surface area contributed by atoms with Gasteiger partial charge in [0.2, 0.25) is 5.78 Å². The minimum atomic E-state index is -3.00. The Morgan fingerprint density at radius 1 is 1.00 bits per heavy atom. The summed E-state index contributed by atoms with van der Waals surface area (Å²) in [5.41, 5.74) is 0.105. The van der Waals surface area contributed by atoms with Gasteiger partial charge in [-0.25, -0.2) is 4.79 Å². The Morgan fingerprint density at radius 3 is 1.85 bits per heavy atom. The minimum Gasteiger partial charge on any atom is -0.477 e. The van der Waals surface area contributed by atoms with E-state index in [-0.39, 0.29) is 5.56 Å². The lowest BCUT2D eigenvalue weighted by atomic mass is 9.95. The zero-order chi connectivity index (χ0) is 15.4. The number of Topliss-reactive ketones (excluding diaryl/α,β-unsaturated/α-hetero) is 1. The molecule has 0 amide bonds. The molecule has 0 heterocycles. The van der Waals surface area contributed by atoms with Crippen molar-refractivity contribution in [1.82, 2.24) is 0 Å². The normalized spacial score (nSPS) is 14.6. The van der Waals surface area contributed by atoms with Gasteiger partial charge in [0, 0.05) is 26.9 Å². The summed E-state index contributed by atoms with van der Waals surface area (Å²) in [6.45, 7) is 0. The molecule has 2 N–H and O–H groups in total. The number of ketones is 1. The molecule has 20 heavy (non-hydrogen) atoms. The van der Waals surface area contributed by atoms with Gasteiger partial charge in [-0.05, 0) is 0 Å². The fraction of sp³-hybridized carbons (Fsp3) is 0.385. The first-order valence-electron chi connectivity index (χ1n) is 5.60. The van der Waals surface area contributed by atoms with Crippen LogP contribution in [0.25, 0.3) is 0 Å². The third-order valence-electron chi connectivity index (χ3n) is 2.94. The highest BCUT2D eigenvalue weighted by Gasteiger charge is 2.64. The Hall–Kier alpha value is -1.80. The lowest BCUT2D eigenvalue weighted by Crippen LogP contribution is -2.66. The predicted molar refractivity (Wildman–Crippen MR) is 67.1 cm³/mol. The summed E-state index contributed by atoms with van der Waals surface area (Å²) < 4.78 is 14.4. The van der Waals surface area contributed by atoms with Crippen LogP contribution in [0.2, 0.25) is 0 Å². The van der Waals surface area contributed by atoms with Crippen LogP contribution in [-0.2, 0) is 19.0 Å². The van der Waals surface area contributed by atoms with E-state index in [9.17, 15) is 14.7 Å². The van der Waals surface area contributed by atoms with Gasteiger partial charge in [0.05, 0.1) is 0 Å². The molecule has 0 bridgehead atoms. The molecular formula is C13H16O7. The zero-order valence-corrected chi connectivity index (χ0v) is 11.3. The predicted octanol–water partition coefficient (Wildman–Crippen LogP) is 0.278. The summed E-state index contributed by atoms with van der Waals surface area (Å²) in [6, 6.07) is 7.71. The van der Waals surface area contributed by atoms with Gasteiger partial charge in [0.1, 0.15) is 0 Å². The van der Waals surface area contributed by atoms with Crippen molar-refractivity contribution in [3.63, 3.8) is 0 Å². The second-order valence-electron chi connectivity index (χ2n) is 3.87. The Bertz CT molecular complexity index is 481. The van der Waals surface area contributed by atoms with Gasteiger partial charge < -0.3 is 24.4 Å². The van der Waals surface area contributed by atoms with Crippen LogP contribution >= 0.6 is 0 Å². The highest BCUT2D eigenvalue weighted by Crippen LogP contribution is 2.32. The number of carboxylic acid groups (broad SMARTS) is 1. The van der Waals surface area contributed by atoms with E-state index in [0.29, 0.717) is 0 Å². The number of carboxylic acids is 1. The summed E-state index contributed by atoms with van der Waals surface area (Å²) in [5, 5.41) is 19.3. The summed E-state index contributed by atoms with van der Waals surface area (Å²) in [5.74, 6) is -8.22.